The monoisotopic (exact) mass is 642 g/mol. The van der Waals surface area contributed by atoms with E-state index >= 15 is 0 Å². The first-order valence-corrected chi connectivity index (χ1v) is 13.5. The van der Waals surface area contributed by atoms with Gasteiger partial charge in [-0.2, -0.15) is 0 Å². The Morgan fingerprint density at radius 3 is 1.21 bits per heavy atom. The molecule has 0 atom stereocenters. The van der Waals surface area contributed by atoms with Crippen LogP contribution >= 0.6 is 0 Å². The summed E-state index contributed by atoms with van der Waals surface area (Å²) in [5.74, 6) is 4.58. The van der Waals surface area contributed by atoms with Crippen LogP contribution in [0.3, 0.4) is 0 Å². The molecule has 3 aliphatic rings. The number of hydrogen-bond donors (Lipinski definition) is 1. The van der Waals surface area contributed by atoms with Gasteiger partial charge in [0.05, 0.1) is 7.11 Å². The fourth-order valence-electron chi connectivity index (χ4n) is 5.35. The number of nitrogens with zero attached hydrogens (tertiary/aromatic N) is 2. The van der Waals surface area contributed by atoms with Crippen LogP contribution in [0.1, 0.15) is 106 Å². The van der Waals surface area contributed by atoms with Crippen molar-refractivity contribution < 1.29 is 32.2 Å². The van der Waals surface area contributed by atoms with E-state index in [0.717, 1.165) is 29.6 Å². The first kappa shape index (κ1) is 33.3. The van der Waals surface area contributed by atoms with Crippen LogP contribution in [0.4, 0.5) is 0 Å². The van der Waals surface area contributed by atoms with Gasteiger partial charge in [-0.3, -0.25) is 0 Å². The van der Waals surface area contributed by atoms with Gasteiger partial charge in [0.25, 0.3) is 0 Å². The molecule has 3 rings (SSSR count). The first-order valence-electron chi connectivity index (χ1n) is 13.5. The molecule has 0 aromatic heterocycles. The Labute approximate surface area is 227 Å². The van der Waals surface area contributed by atoms with Crippen molar-refractivity contribution in [2.75, 3.05) is 7.11 Å². The average Bonchev–Trinajstić information content (AvgIpc) is 3.01. The van der Waals surface area contributed by atoms with Crippen LogP contribution in [0, 0.1) is 36.5 Å². The quantitative estimate of drug-likeness (QED) is 0.240. The molecule has 199 valence electrons. The van der Waals surface area contributed by atoms with Crippen LogP contribution in [-0.4, -0.2) is 24.3 Å². The molecule has 1 radical (unpaired) electrons. The van der Waals surface area contributed by atoms with Crippen LogP contribution < -0.4 is 0 Å². The van der Waals surface area contributed by atoms with Crippen LogP contribution in [0.2, 0.25) is 0 Å². The molecule has 0 aliphatic heterocycles. The average molecular weight is 643 g/mol. The van der Waals surface area contributed by atoms with E-state index in [1.807, 2.05) is 12.4 Å². The zero-order valence-electron chi connectivity index (χ0n) is 23.2. The number of allylic oxidation sites excluding steroid dienone is 1. The van der Waals surface area contributed by atoms with Gasteiger partial charge in [-0.05, 0) is 29.6 Å². The maximum absolute atomic E-state index is 8.53. The first-order chi connectivity index (χ1) is 15.7. The summed E-state index contributed by atoms with van der Waals surface area (Å²) in [6, 6.07) is 1.18. The number of methoxy groups -OCH3 is 1. The number of hydrogen-bond acceptors (Lipinski definition) is 2. The van der Waals surface area contributed by atoms with E-state index in [9.17, 15) is 0 Å². The van der Waals surface area contributed by atoms with E-state index in [1.54, 1.807) is 6.92 Å². The molecule has 0 aromatic carbocycles. The van der Waals surface area contributed by atoms with Gasteiger partial charge in [0.2, 0.25) is 0 Å². The third-order valence-electron chi connectivity index (χ3n) is 8.51. The molecule has 3 saturated carbocycles. The molecule has 1 N–H and O–H groups in total. The predicted molar refractivity (Wildman–Crippen MR) is 143 cm³/mol. The van der Waals surface area contributed by atoms with Gasteiger partial charge in [-0.15, -0.1) is 17.7 Å². The van der Waals surface area contributed by atoms with Gasteiger partial charge in [0.15, 0.2) is 0 Å². The molecular formula is C29H53N2O2Ta-3. The Balaban J connectivity index is 0.000000522. The van der Waals surface area contributed by atoms with Crippen molar-refractivity contribution in [1.29, 1.82) is 0 Å². The van der Waals surface area contributed by atoms with Crippen molar-refractivity contribution in [1.82, 2.24) is 0 Å². The van der Waals surface area contributed by atoms with Crippen molar-refractivity contribution in [3.8, 4) is 0 Å². The summed E-state index contributed by atoms with van der Waals surface area (Å²) in [6.07, 6.45) is 17.3. The summed E-state index contributed by atoms with van der Waals surface area (Å²) in [4.78, 5) is 0. The number of aliphatic hydroxyl groups excluding tert-OH is 1. The van der Waals surface area contributed by atoms with E-state index in [4.69, 9.17) is 5.11 Å². The van der Waals surface area contributed by atoms with E-state index in [-0.39, 0.29) is 28.3 Å². The molecule has 0 saturated heterocycles. The molecule has 0 aromatic rings. The second-order valence-corrected chi connectivity index (χ2v) is 10.8. The Morgan fingerprint density at radius 1 is 0.706 bits per heavy atom. The van der Waals surface area contributed by atoms with Gasteiger partial charge in [-0.25, -0.2) is 19.3 Å². The molecule has 3 aliphatic carbocycles. The Morgan fingerprint density at radius 2 is 1.00 bits per heavy atom. The van der Waals surface area contributed by atoms with Crippen LogP contribution in [0.5, 0.6) is 0 Å². The van der Waals surface area contributed by atoms with Crippen molar-refractivity contribution >= 4 is 0 Å². The Hall–Kier alpha value is -0.710. The van der Waals surface area contributed by atoms with Crippen LogP contribution in [0.15, 0.2) is 23.9 Å². The zero-order chi connectivity index (χ0) is 24.8. The molecule has 34 heavy (non-hydrogen) atoms. The van der Waals surface area contributed by atoms with E-state index in [2.05, 4.69) is 56.9 Å². The van der Waals surface area contributed by atoms with Crippen molar-refractivity contribution in [2.45, 2.75) is 118 Å². The third kappa shape index (κ3) is 12.3. The molecule has 0 unspecified atom stereocenters. The minimum Gasteiger partial charge on any atom is -0.689 e. The van der Waals surface area contributed by atoms with Crippen molar-refractivity contribution in [3.05, 3.63) is 41.5 Å². The third-order valence-corrected chi connectivity index (χ3v) is 8.51. The van der Waals surface area contributed by atoms with Crippen LogP contribution in [0.25, 0.3) is 10.6 Å². The summed E-state index contributed by atoms with van der Waals surface area (Å²) in [7, 11) is 1.39. The van der Waals surface area contributed by atoms with Crippen LogP contribution in [-0.2, 0) is 27.1 Å². The Bertz CT molecular complexity index is 498. The van der Waals surface area contributed by atoms with E-state index in [0.29, 0.717) is 17.7 Å². The molecule has 0 bridgehead atoms. The SMILES string of the molecule is C(=C/[N-]C1CCCCC1)/[N-]C1CCCCC1.CC1C(C)C(C)C(C)C1C.[CH2-]/C(C)=C(\O)OC.[Ta]. The molecule has 4 nitrogen and oxygen atoms in total. The van der Waals surface area contributed by atoms with E-state index in [1.165, 1.54) is 71.3 Å². The molecular weight excluding hydrogens is 589 g/mol. The maximum atomic E-state index is 8.53. The molecule has 0 spiro atoms. The summed E-state index contributed by atoms with van der Waals surface area (Å²) < 4.78 is 4.38. The van der Waals surface area contributed by atoms with Gasteiger partial charge < -0.3 is 20.5 Å². The molecule has 5 heteroatoms. The van der Waals surface area contributed by atoms with Gasteiger partial charge >= 0.3 is 0 Å². The summed E-state index contributed by atoms with van der Waals surface area (Å²) in [5, 5.41) is 17.7. The zero-order valence-corrected chi connectivity index (χ0v) is 26.4. The predicted octanol–water partition coefficient (Wildman–Crippen LogP) is 9.30. The Kier molecular flexibility index (Phi) is 18.2. The second-order valence-electron chi connectivity index (χ2n) is 10.8. The fourth-order valence-corrected chi connectivity index (χ4v) is 5.35. The molecule has 0 amide bonds. The molecule has 3 fully saturated rings. The van der Waals surface area contributed by atoms with E-state index < -0.39 is 0 Å². The number of rotatable bonds is 5. The minimum atomic E-state index is -0.0972. The normalized spacial score (nSPS) is 30.6. The van der Waals surface area contributed by atoms with Gasteiger partial charge in [0, 0.05) is 22.4 Å². The summed E-state index contributed by atoms with van der Waals surface area (Å²) in [6.45, 7) is 17.1. The number of ether oxygens (including phenoxy) is 1. The minimum absolute atomic E-state index is 0. The smallest absolute Gasteiger partial charge is 0.117 e. The topological polar surface area (TPSA) is 57.7 Å². The largest absolute Gasteiger partial charge is 0.689 e. The second kappa shape index (κ2) is 18.5. The standard InChI is InChI=1S/C14H24N2.C10H20.C5H9O2.Ta/c1-3-7-13(8-4-1)15-11-12-16-14-9-5-2-6-10-14;1-6-7(2)9(4)10(5)8(6)3;1-4(2)5(6)7-3;/h11-14H,1-10H2;6-10H,1-5H3;6H,1H2,2-3H3;/q-2;;-1;/b12-11-;;5-4-;. The maximum Gasteiger partial charge on any atom is 0.117 e. The van der Waals surface area contributed by atoms with Crippen molar-refractivity contribution in [2.24, 2.45) is 29.6 Å². The summed E-state index contributed by atoms with van der Waals surface area (Å²) in [5.41, 5.74) is 0.544. The summed E-state index contributed by atoms with van der Waals surface area (Å²) >= 11 is 0. The van der Waals surface area contributed by atoms with Gasteiger partial charge in [-0.1, -0.05) is 106 Å². The van der Waals surface area contributed by atoms with Crippen molar-refractivity contribution in [3.63, 3.8) is 0 Å². The molecule has 0 heterocycles. The van der Waals surface area contributed by atoms with Gasteiger partial charge in [0.1, 0.15) is 5.95 Å². The fraction of sp³-hybridized carbons (Fsp3) is 0.828. The number of aliphatic hydroxyl groups is 1.